The van der Waals surface area contributed by atoms with Gasteiger partial charge in [-0.2, -0.15) is 0 Å². The Labute approximate surface area is 322 Å². The highest BCUT2D eigenvalue weighted by molar-refractivity contribution is 14.1. The highest BCUT2D eigenvalue weighted by Gasteiger charge is 2.40. The Bertz CT molecular complexity index is 2200. The van der Waals surface area contributed by atoms with Crippen LogP contribution in [0.2, 0.25) is 0 Å². The Morgan fingerprint density at radius 2 is 1.45 bits per heavy atom. The van der Waals surface area contributed by atoms with Crippen molar-refractivity contribution in [2.24, 2.45) is 0 Å². The first kappa shape index (κ1) is 34.7. The monoisotopic (exact) mass is 815 g/mol. The fourth-order valence-corrected chi connectivity index (χ4v) is 8.73. The van der Waals surface area contributed by atoms with E-state index in [1.807, 2.05) is 79.7 Å². The Kier molecular flexibility index (Phi) is 9.51. The lowest BCUT2D eigenvalue weighted by Crippen LogP contribution is -2.54. The van der Waals surface area contributed by atoms with Crippen LogP contribution < -0.4 is 24.6 Å². The van der Waals surface area contributed by atoms with Crippen LogP contribution in [0.5, 0.6) is 11.5 Å². The van der Waals surface area contributed by atoms with Gasteiger partial charge < -0.3 is 14.4 Å². The summed E-state index contributed by atoms with van der Waals surface area (Å²) in [4.78, 5) is 45.0. The Balaban J connectivity index is 1.19. The molecule has 1 N–H and O–H groups in total. The standard InChI is InChI=1S/C44H38IN3O5/c1-27-10-9-11-28(20-27)26-53-41-38(45)22-29(23-39(41)52-2)21-37-42(49)46-44(51)48(43(37)50)32-24-35-33(30-12-5-3-6-13-30)16-18-47-19-17-34(36(25-32)40(35)47)31-14-7-4-8-15-31/h3-15,20-25,33-34H,16-19,26H2,1-2H3,(H,46,49,51)/b37-21+/t33-,34-/m0/s1. The third-order valence-corrected chi connectivity index (χ3v) is 11.2. The number of rotatable bonds is 8. The quantitative estimate of drug-likeness (QED) is 0.0959. The number of anilines is 2. The Morgan fingerprint density at radius 1 is 0.811 bits per heavy atom. The van der Waals surface area contributed by atoms with Gasteiger partial charge in [0.05, 0.1) is 16.4 Å². The van der Waals surface area contributed by atoms with E-state index in [1.54, 1.807) is 13.2 Å². The number of urea groups is 1. The zero-order chi connectivity index (χ0) is 36.6. The van der Waals surface area contributed by atoms with Crippen LogP contribution in [0.4, 0.5) is 16.2 Å². The summed E-state index contributed by atoms with van der Waals surface area (Å²) in [6.07, 6.45) is 3.32. The molecule has 1 saturated heterocycles. The van der Waals surface area contributed by atoms with E-state index in [1.165, 1.54) is 22.9 Å². The molecule has 0 bridgehead atoms. The van der Waals surface area contributed by atoms with E-state index < -0.39 is 17.8 Å². The number of imide groups is 2. The normalized spacial score (nSPS) is 18.8. The molecule has 3 heterocycles. The van der Waals surface area contributed by atoms with Gasteiger partial charge in [-0.05, 0) is 106 Å². The van der Waals surface area contributed by atoms with Gasteiger partial charge in [-0.1, -0.05) is 90.5 Å². The van der Waals surface area contributed by atoms with Crippen molar-refractivity contribution in [1.82, 2.24) is 5.32 Å². The van der Waals surface area contributed by atoms with Crippen LogP contribution in [0.25, 0.3) is 6.08 Å². The van der Waals surface area contributed by atoms with Crippen molar-refractivity contribution in [3.63, 3.8) is 0 Å². The molecule has 5 aromatic rings. The van der Waals surface area contributed by atoms with Gasteiger partial charge in [-0.15, -0.1) is 0 Å². The van der Waals surface area contributed by atoms with Gasteiger partial charge in [-0.25, -0.2) is 9.69 Å². The molecule has 266 valence electrons. The lowest BCUT2D eigenvalue weighted by atomic mass is 9.76. The topological polar surface area (TPSA) is 88.2 Å². The fourth-order valence-electron chi connectivity index (χ4n) is 7.95. The smallest absolute Gasteiger partial charge is 0.335 e. The molecular formula is C44H38IN3O5. The van der Waals surface area contributed by atoms with Gasteiger partial charge >= 0.3 is 6.03 Å². The van der Waals surface area contributed by atoms with Gasteiger partial charge in [0.25, 0.3) is 11.8 Å². The van der Waals surface area contributed by atoms with Crippen molar-refractivity contribution in [2.75, 3.05) is 30.0 Å². The van der Waals surface area contributed by atoms with Crippen molar-refractivity contribution < 1.29 is 23.9 Å². The molecule has 0 aromatic heterocycles. The van der Waals surface area contributed by atoms with Crippen molar-refractivity contribution in [3.05, 3.63) is 157 Å². The largest absolute Gasteiger partial charge is 0.493 e. The average Bonchev–Trinajstić information content (AvgIpc) is 3.16. The molecule has 0 aliphatic carbocycles. The SMILES string of the molecule is COc1cc(/C=C2\C(=O)NC(=O)N(c3cc4c5c(c3)[C@H](c3ccccc3)CCN5CC[C@H]4c3ccccc3)C2=O)cc(I)c1OCc1cccc(C)c1. The van der Waals surface area contributed by atoms with Crippen molar-refractivity contribution in [2.45, 2.75) is 38.2 Å². The number of aryl methyl sites for hydroxylation is 1. The van der Waals surface area contributed by atoms with Crippen LogP contribution in [0.15, 0.2) is 115 Å². The van der Waals surface area contributed by atoms with E-state index in [9.17, 15) is 14.4 Å². The van der Waals surface area contributed by atoms with E-state index in [0.717, 1.165) is 56.7 Å². The minimum Gasteiger partial charge on any atom is -0.493 e. The summed E-state index contributed by atoms with van der Waals surface area (Å²) >= 11 is 2.17. The van der Waals surface area contributed by atoms with Gasteiger partial charge in [0.2, 0.25) is 0 Å². The molecule has 3 aliphatic rings. The molecule has 9 heteroatoms. The maximum Gasteiger partial charge on any atom is 0.335 e. The third kappa shape index (κ3) is 6.70. The molecule has 3 aliphatic heterocycles. The Hall–Kier alpha value is -5.42. The zero-order valence-electron chi connectivity index (χ0n) is 29.5. The van der Waals surface area contributed by atoms with Crippen LogP contribution in [0.3, 0.4) is 0 Å². The van der Waals surface area contributed by atoms with Crippen LogP contribution in [-0.4, -0.2) is 38.0 Å². The predicted molar refractivity (Wildman–Crippen MR) is 215 cm³/mol. The van der Waals surface area contributed by atoms with E-state index in [0.29, 0.717) is 29.4 Å². The number of carbonyl (C=O) groups excluding carboxylic acids is 3. The van der Waals surface area contributed by atoms with E-state index in [-0.39, 0.29) is 17.4 Å². The van der Waals surface area contributed by atoms with Gasteiger partial charge in [0.1, 0.15) is 12.2 Å². The summed E-state index contributed by atoms with van der Waals surface area (Å²) in [6, 6.07) is 35.6. The van der Waals surface area contributed by atoms with Crippen molar-refractivity contribution in [3.8, 4) is 11.5 Å². The number of nitrogens with one attached hydrogen (secondary N) is 1. The second-order valence-electron chi connectivity index (χ2n) is 13.7. The molecule has 0 spiro atoms. The first-order chi connectivity index (χ1) is 25.8. The molecule has 0 unspecified atom stereocenters. The first-order valence-corrected chi connectivity index (χ1v) is 18.9. The molecule has 2 atom stereocenters. The van der Waals surface area contributed by atoms with Gasteiger partial charge in [-0.3, -0.25) is 14.9 Å². The summed E-state index contributed by atoms with van der Waals surface area (Å²) in [5, 5.41) is 2.44. The second kappa shape index (κ2) is 14.5. The van der Waals surface area contributed by atoms with Gasteiger partial charge in [0.15, 0.2) is 11.5 Å². The fraction of sp³-hybridized carbons (Fsp3) is 0.205. The van der Waals surface area contributed by atoms with E-state index in [4.69, 9.17) is 9.47 Å². The van der Waals surface area contributed by atoms with E-state index in [2.05, 4.69) is 63.1 Å². The molecule has 0 radical (unpaired) electrons. The number of halogens is 1. The van der Waals surface area contributed by atoms with Gasteiger partial charge in [0, 0.05) is 30.6 Å². The molecule has 8 nitrogen and oxygen atoms in total. The molecule has 1 fully saturated rings. The third-order valence-electron chi connectivity index (χ3n) is 10.4. The number of carbonyl (C=O) groups is 3. The Morgan fingerprint density at radius 3 is 2.06 bits per heavy atom. The molecule has 4 amide bonds. The second-order valence-corrected chi connectivity index (χ2v) is 14.9. The minimum atomic E-state index is -0.771. The molecule has 8 rings (SSSR count). The average molecular weight is 816 g/mol. The number of hydrogen-bond acceptors (Lipinski definition) is 6. The van der Waals surface area contributed by atoms with Crippen LogP contribution in [-0.2, 0) is 16.2 Å². The highest BCUT2D eigenvalue weighted by atomic mass is 127. The van der Waals surface area contributed by atoms with Crippen molar-refractivity contribution >= 4 is 57.9 Å². The minimum absolute atomic E-state index is 0.0801. The highest BCUT2D eigenvalue weighted by Crippen LogP contribution is 2.50. The maximum absolute atomic E-state index is 14.4. The van der Waals surface area contributed by atoms with Crippen LogP contribution >= 0.6 is 22.6 Å². The number of methoxy groups -OCH3 is 1. The summed E-state index contributed by atoms with van der Waals surface area (Å²) in [5.74, 6) is -0.250. The molecule has 5 aromatic carbocycles. The summed E-state index contributed by atoms with van der Waals surface area (Å²) in [7, 11) is 1.55. The van der Waals surface area contributed by atoms with Crippen molar-refractivity contribution in [1.29, 1.82) is 0 Å². The summed E-state index contributed by atoms with van der Waals surface area (Å²) in [6.45, 7) is 4.22. The molecule has 0 saturated carbocycles. The molecular weight excluding hydrogens is 777 g/mol. The summed E-state index contributed by atoms with van der Waals surface area (Å²) in [5.41, 5.74) is 8.74. The molecule has 53 heavy (non-hydrogen) atoms. The number of hydrogen-bond donors (Lipinski definition) is 1. The number of nitrogens with zero attached hydrogens (tertiary/aromatic N) is 2. The number of amides is 4. The van der Waals surface area contributed by atoms with Crippen LogP contribution in [0, 0.1) is 10.5 Å². The van der Waals surface area contributed by atoms with E-state index >= 15 is 0 Å². The summed E-state index contributed by atoms with van der Waals surface area (Å²) < 4.78 is 12.6. The van der Waals surface area contributed by atoms with Crippen LogP contribution in [0.1, 0.15) is 63.6 Å². The number of ether oxygens (including phenoxy) is 2. The predicted octanol–water partition coefficient (Wildman–Crippen LogP) is 8.73. The lowest BCUT2D eigenvalue weighted by Gasteiger charge is -2.44. The number of benzene rings is 5. The zero-order valence-corrected chi connectivity index (χ0v) is 31.6. The first-order valence-electron chi connectivity index (χ1n) is 17.8. The maximum atomic E-state index is 14.4. The lowest BCUT2D eigenvalue weighted by molar-refractivity contribution is -0.122. The number of barbiturate groups is 1.